The van der Waals surface area contributed by atoms with Gasteiger partial charge in [-0.25, -0.2) is 9.99 Å². The van der Waals surface area contributed by atoms with E-state index in [1.165, 1.54) is 22.5 Å². The van der Waals surface area contributed by atoms with Gasteiger partial charge in [-0.15, -0.1) is 0 Å². The van der Waals surface area contributed by atoms with Crippen LogP contribution >= 0.6 is 0 Å². The number of aromatic nitrogens is 1. The third-order valence-corrected chi connectivity index (χ3v) is 7.90. The van der Waals surface area contributed by atoms with E-state index in [2.05, 4.69) is 87.4 Å². The second-order valence-corrected chi connectivity index (χ2v) is 10.2. The summed E-state index contributed by atoms with van der Waals surface area (Å²) < 4.78 is 11.0. The smallest absolute Gasteiger partial charge is 0.149 e. The van der Waals surface area contributed by atoms with E-state index in [-0.39, 0.29) is 12.0 Å². The van der Waals surface area contributed by atoms with Crippen LogP contribution < -0.4 is 14.8 Å². The number of hydrazone groups is 1. The van der Waals surface area contributed by atoms with Crippen LogP contribution in [-0.2, 0) is 9.47 Å². The molecule has 0 aliphatic carbocycles. The van der Waals surface area contributed by atoms with E-state index in [0.29, 0.717) is 0 Å². The maximum absolute atomic E-state index is 5.53. The van der Waals surface area contributed by atoms with E-state index in [9.17, 15) is 0 Å². The van der Waals surface area contributed by atoms with Crippen LogP contribution in [0.3, 0.4) is 0 Å². The van der Waals surface area contributed by atoms with Gasteiger partial charge >= 0.3 is 0 Å². The first kappa shape index (κ1) is 25.6. The number of nitrogens with zero attached hydrogens (tertiary/aromatic N) is 5. The zero-order chi connectivity index (χ0) is 26.4. The quantitative estimate of drug-likeness (QED) is 0.413. The molecule has 0 amide bonds. The van der Waals surface area contributed by atoms with Crippen LogP contribution in [0.4, 0.5) is 17.2 Å². The standard InChI is InChI=1S/C32H37N5O2/c1-2-29-30(15-8-25-6-11-27(12-7-25)35-17-21-38-22-18-35)34-37(31-5-3-4-16-33-31)32(29)26-9-13-28(14-10-26)36-19-23-39-24-20-36/h3-16,29,32H,2,17-24H2,1H3. The average Bonchev–Trinajstić information content (AvgIpc) is 3.40. The molecule has 39 heavy (non-hydrogen) atoms. The minimum atomic E-state index is 0.0898. The fourth-order valence-electron chi connectivity index (χ4n) is 5.74. The van der Waals surface area contributed by atoms with Crippen molar-refractivity contribution in [3.8, 4) is 0 Å². The van der Waals surface area contributed by atoms with E-state index >= 15 is 0 Å². The number of benzene rings is 2. The van der Waals surface area contributed by atoms with Crippen molar-refractivity contribution in [2.75, 3.05) is 67.4 Å². The minimum Gasteiger partial charge on any atom is -0.378 e. The van der Waals surface area contributed by atoms with Crippen LogP contribution in [0.25, 0.3) is 6.08 Å². The van der Waals surface area contributed by atoms with Gasteiger partial charge in [0.25, 0.3) is 0 Å². The summed E-state index contributed by atoms with van der Waals surface area (Å²) in [5, 5.41) is 7.25. The molecule has 0 spiro atoms. The SMILES string of the molecule is CCC1C(C=Cc2ccc(N3CCOCC3)cc2)=NN(c2ccccn2)C1c1ccc(N2CCOCC2)cc1. The summed E-state index contributed by atoms with van der Waals surface area (Å²) in [6.07, 6.45) is 7.20. The molecule has 202 valence electrons. The largest absolute Gasteiger partial charge is 0.378 e. The van der Waals surface area contributed by atoms with Crippen molar-refractivity contribution in [3.05, 3.63) is 90.1 Å². The van der Waals surface area contributed by atoms with E-state index in [4.69, 9.17) is 14.6 Å². The van der Waals surface area contributed by atoms with Crippen molar-refractivity contribution in [1.29, 1.82) is 0 Å². The molecule has 3 aromatic rings. The number of hydrogen-bond acceptors (Lipinski definition) is 7. The van der Waals surface area contributed by atoms with Crippen molar-refractivity contribution in [2.24, 2.45) is 11.0 Å². The van der Waals surface area contributed by atoms with E-state index < -0.39 is 0 Å². The van der Waals surface area contributed by atoms with Crippen LogP contribution in [0.15, 0.2) is 84.1 Å². The van der Waals surface area contributed by atoms with Gasteiger partial charge < -0.3 is 19.3 Å². The van der Waals surface area contributed by atoms with Gasteiger partial charge in [-0.2, -0.15) is 5.10 Å². The summed E-state index contributed by atoms with van der Waals surface area (Å²) in [6.45, 7) is 9.18. The highest BCUT2D eigenvalue weighted by Gasteiger charge is 2.37. The molecule has 6 rings (SSSR count). The van der Waals surface area contributed by atoms with Crippen LogP contribution in [0.5, 0.6) is 0 Å². The van der Waals surface area contributed by atoms with Gasteiger partial charge in [0.05, 0.1) is 38.2 Å². The maximum atomic E-state index is 5.53. The number of allylic oxidation sites excluding steroid dienone is 1. The zero-order valence-corrected chi connectivity index (χ0v) is 22.7. The van der Waals surface area contributed by atoms with Crippen LogP contribution in [0.2, 0.25) is 0 Å². The van der Waals surface area contributed by atoms with Crippen molar-refractivity contribution in [2.45, 2.75) is 19.4 Å². The third-order valence-electron chi connectivity index (χ3n) is 7.90. The average molecular weight is 524 g/mol. The van der Waals surface area contributed by atoms with E-state index in [1.807, 2.05) is 24.4 Å². The van der Waals surface area contributed by atoms with Crippen molar-refractivity contribution >= 4 is 29.0 Å². The van der Waals surface area contributed by atoms with Gasteiger partial charge in [0.1, 0.15) is 5.82 Å². The summed E-state index contributed by atoms with van der Waals surface area (Å²) in [5.74, 6) is 1.13. The molecule has 0 N–H and O–H groups in total. The Kier molecular flexibility index (Phi) is 7.88. The fourth-order valence-corrected chi connectivity index (χ4v) is 5.74. The Bertz CT molecular complexity index is 1260. The highest BCUT2D eigenvalue weighted by atomic mass is 16.5. The molecular weight excluding hydrogens is 486 g/mol. The second-order valence-electron chi connectivity index (χ2n) is 10.2. The van der Waals surface area contributed by atoms with Gasteiger partial charge in [-0.1, -0.05) is 43.3 Å². The Morgan fingerprint density at radius 2 is 1.38 bits per heavy atom. The maximum Gasteiger partial charge on any atom is 0.149 e. The van der Waals surface area contributed by atoms with Gasteiger partial charge in [0, 0.05) is 49.7 Å². The Morgan fingerprint density at radius 3 is 1.95 bits per heavy atom. The molecule has 2 atom stereocenters. The summed E-state index contributed by atoms with van der Waals surface area (Å²) in [4.78, 5) is 9.44. The Morgan fingerprint density at radius 1 is 0.769 bits per heavy atom. The number of morpholine rings is 2. The Labute approximate surface area is 231 Å². The molecule has 2 aromatic carbocycles. The topological polar surface area (TPSA) is 53.4 Å². The van der Waals surface area contributed by atoms with Crippen LogP contribution in [-0.4, -0.2) is 63.3 Å². The summed E-state index contributed by atoms with van der Waals surface area (Å²) in [7, 11) is 0. The highest BCUT2D eigenvalue weighted by molar-refractivity contribution is 6.02. The molecule has 2 unspecified atom stereocenters. The van der Waals surface area contributed by atoms with E-state index in [1.54, 1.807) is 0 Å². The molecule has 0 saturated carbocycles. The van der Waals surface area contributed by atoms with Crippen molar-refractivity contribution < 1.29 is 9.47 Å². The number of rotatable bonds is 7. The molecule has 0 bridgehead atoms. The molecule has 2 fully saturated rings. The molecule has 1 aromatic heterocycles. The summed E-state index contributed by atoms with van der Waals surface area (Å²) >= 11 is 0. The molecule has 7 heteroatoms. The van der Waals surface area contributed by atoms with Gasteiger partial charge in [0.15, 0.2) is 0 Å². The molecule has 2 saturated heterocycles. The first-order valence-corrected chi connectivity index (χ1v) is 14.1. The molecular formula is C32H37N5O2. The lowest BCUT2D eigenvalue weighted by Gasteiger charge is -2.30. The molecule has 4 heterocycles. The highest BCUT2D eigenvalue weighted by Crippen LogP contribution is 2.41. The van der Waals surface area contributed by atoms with Gasteiger partial charge in [-0.3, -0.25) is 0 Å². The molecule has 3 aliphatic heterocycles. The normalized spacial score (nSPS) is 22.0. The molecule has 0 radical (unpaired) electrons. The zero-order valence-electron chi connectivity index (χ0n) is 22.7. The van der Waals surface area contributed by atoms with Crippen LogP contribution in [0.1, 0.15) is 30.5 Å². The lowest BCUT2D eigenvalue weighted by atomic mass is 9.87. The van der Waals surface area contributed by atoms with E-state index in [0.717, 1.165) is 70.6 Å². The lowest BCUT2D eigenvalue weighted by Crippen LogP contribution is -2.36. The fraction of sp³-hybridized carbons (Fsp3) is 0.375. The van der Waals surface area contributed by atoms with Gasteiger partial charge in [-0.05, 0) is 60.0 Å². The first-order valence-electron chi connectivity index (χ1n) is 14.1. The number of anilines is 3. The Hall–Kier alpha value is -3.68. The third kappa shape index (κ3) is 5.70. The number of hydrogen-bond donors (Lipinski definition) is 0. The number of ether oxygens (including phenoxy) is 2. The molecule has 7 nitrogen and oxygen atoms in total. The monoisotopic (exact) mass is 523 g/mol. The minimum absolute atomic E-state index is 0.0898. The Balaban J connectivity index is 1.25. The molecule has 3 aliphatic rings. The number of pyridine rings is 1. The van der Waals surface area contributed by atoms with Gasteiger partial charge in [0.2, 0.25) is 0 Å². The summed E-state index contributed by atoms with van der Waals surface area (Å²) in [5.41, 5.74) is 6.02. The first-order chi connectivity index (χ1) is 19.3. The summed E-state index contributed by atoms with van der Waals surface area (Å²) in [6, 6.07) is 23.9. The lowest BCUT2D eigenvalue weighted by molar-refractivity contribution is 0.122. The predicted octanol–water partition coefficient (Wildman–Crippen LogP) is 5.41. The van der Waals surface area contributed by atoms with Crippen LogP contribution in [0, 0.1) is 5.92 Å². The predicted molar refractivity (Wildman–Crippen MR) is 159 cm³/mol. The van der Waals surface area contributed by atoms with Crippen molar-refractivity contribution in [1.82, 2.24) is 4.98 Å². The second kappa shape index (κ2) is 12.0. The van der Waals surface area contributed by atoms with Crippen molar-refractivity contribution in [3.63, 3.8) is 0 Å².